The fraction of sp³-hybridized carbons (Fsp3) is 0.240. The van der Waals surface area contributed by atoms with Crippen LogP contribution in [0.15, 0.2) is 120 Å². The van der Waals surface area contributed by atoms with Gasteiger partial charge in [-0.1, -0.05) is 67.1 Å². The third-order valence-corrected chi connectivity index (χ3v) is 12.2. The molecule has 2 N–H and O–H groups in total. The third-order valence-electron chi connectivity index (χ3n) is 11.9. The summed E-state index contributed by atoms with van der Waals surface area (Å²) in [6.45, 7) is 3.83. The first-order chi connectivity index (χ1) is 30.2. The average molecular weight is 851 g/mol. The Morgan fingerprint density at radius 2 is 1.69 bits per heavy atom. The predicted molar refractivity (Wildman–Crippen MR) is 240 cm³/mol. The first-order valence-electron chi connectivity index (χ1n) is 21.0. The number of ether oxygens (including phenoxy) is 2. The van der Waals surface area contributed by atoms with Crippen LogP contribution in [-0.4, -0.2) is 49.8 Å². The van der Waals surface area contributed by atoms with E-state index in [4.69, 9.17) is 21.1 Å². The van der Waals surface area contributed by atoms with E-state index in [1.165, 1.54) is 36.2 Å². The molecular weight excluding hydrogens is 806 g/mol. The largest absolute Gasteiger partial charge is 0.494 e. The fourth-order valence-corrected chi connectivity index (χ4v) is 9.22. The third kappa shape index (κ3) is 8.30. The monoisotopic (exact) mass is 850 g/mol. The number of aromatic nitrogens is 6. The highest BCUT2D eigenvalue weighted by Crippen LogP contribution is 2.46. The molecule has 62 heavy (non-hydrogen) atoms. The molecule has 0 unspecified atom stereocenters. The van der Waals surface area contributed by atoms with Crippen LogP contribution in [0.3, 0.4) is 0 Å². The van der Waals surface area contributed by atoms with Crippen LogP contribution in [0.1, 0.15) is 82.9 Å². The molecule has 314 valence electrons. The van der Waals surface area contributed by atoms with Crippen LogP contribution < -0.4 is 10.3 Å². The van der Waals surface area contributed by atoms with Gasteiger partial charge in [0, 0.05) is 49.7 Å². The van der Waals surface area contributed by atoms with E-state index in [-0.39, 0.29) is 17.7 Å². The van der Waals surface area contributed by atoms with Crippen molar-refractivity contribution < 1.29 is 18.3 Å². The number of fused-ring (bicyclic) bond motifs is 1. The van der Waals surface area contributed by atoms with Crippen LogP contribution in [0.4, 0.5) is 8.78 Å². The number of allylic oxidation sites excluding steroid dienone is 1. The quantitative estimate of drug-likeness (QED) is 0.0785. The van der Waals surface area contributed by atoms with Gasteiger partial charge in [-0.2, -0.15) is 10.2 Å². The fourth-order valence-electron chi connectivity index (χ4n) is 8.94. The zero-order valence-electron chi connectivity index (χ0n) is 34.4. The Balaban J connectivity index is 0.789. The van der Waals surface area contributed by atoms with Crippen molar-refractivity contribution in [1.29, 1.82) is 0 Å². The lowest BCUT2D eigenvalue weighted by atomic mass is 9.73. The number of halogens is 3. The second-order valence-corrected chi connectivity index (χ2v) is 16.2. The standard InChI is InChI=1S/C50H45ClF2N6O3/c1-3-39(40-17-14-36(52)28-43(40)51)45(34-13-18-44-33(24-34)19-20-54-44)32-11-15-38(16-12-32)62-23-5-22-61-21-4-6-30-7-9-31(10-8-30)41-26-35-25-37(53)27-42-46(35)48(57-58-50(42)60)47(41)49-55-29-56-59(49)2/h7-20,24-25,27-29,41,47,54H,3-6,21-23,26H2,1-2H3,(H,58,60)/b45-39+/t41-,47-/m1/s1. The lowest BCUT2D eigenvalue weighted by molar-refractivity contribution is 0.117. The summed E-state index contributed by atoms with van der Waals surface area (Å²) in [7, 11) is 1.85. The molecule has 3 aromatic heterocycles. The Labute approximate surface area is 362 Å². The molecule has 9 rings (SSSR count). The maximum absolute atomic E-state index is 14.7. The summed E-state index contributed by atoms with van der Waals surface area (Å²) in [5, 5.41) is 13.9. The smallest absolute Gasteiger partial charge is 0.272 e. The molecule has 8 aromatic rings. The molecule has 0 spiro atoms. The molecule has 0 saturated heterocycles. The molecule has 0 bridgehead atoms. The molecule has 9 nitrogen and oxygen atoms in total. The topological polar surface area (TPSA) is 111 Å². The van der Waals surface area contributed by atoms with Gasteiger partial charge in [-0.05, 0) is 130 Å². The van der Waals surface area contributed by atoms with Crippen LogP contribution in [0.25, 0.3) is 32.8 Å². The summed E-state index contributed by atoms with van der Waals surface area (Å²) in [5.74, 6) is 0.325. The molecule has 0 saturated carbocycles. The van der Waals surface area contributed by atoms with Crippen molar-refractivity contribution >= 4 is 44.4 Å². The van der Waals surface area contributed by atoms with Crippen molar-refractivity contribution in [3.05, 3.63) is 188 Å². The summed E-state index contributed by atoms with van der Waals surface area (Å²) in [6.07, 6.45) is 7.16. The van der Waals surface area contributed by atoms with E-state index >= 15 is 0 Å². The molecular formula is C50H45ClF2N6O3. The van der Waals surface area contributed by atoms with Gasteiger partial charge in [0.05, 0.1) is 28.6 Å². The highest BCUT2D eigenvalue weighted by atomic mass is 35.5. The van der Waals surface area contributed by atoms with Gasteiger partial charge in [0.25, 0.3) is 5.56 Å². The number of hydrogen-bond donors (Lipinski definition) is 2. The summed E-state index contributed by atoms with van der Waals surface area (Å²) < 4.78 is 42.6. The van der Waals surface area contributed by atoms with Gasteiger partial charge in [0.15, 0.2) is 0 Å². The number of nitrogens with one attached hydrogen (secondary N) is 2. The molecule has 3 heterocycles. The van der Waals surface area contributed by atoms with Gasteiger partial charge in [0.1, 0.15) is 29.5 Å². The van der Waals surface area contributed by atoms with Gasteiger partial charge in [-0.3, -0.25) is 9.48 Å². The lowest BCUT2D eigenvalue weighted by Crippen LogP contribution is -2.27. The normalized spacial score (nSPS) is 15.3. The highest BCUT2D eigenvalue weighted by molar-refractivity contribution is 6.32. The second kappa shape index (κ2) is 17.9. The van der Waals surface area contributed by atoms with Crippen molar-refractivity contribution in [2.45, 2.75) is 50.9 Å². The average Bonchev–Trinajstić information content (AvgIpc) is 3.93. The van der Waals surface area contributed by atoms with Gasteiger partial charge in [-0.15, -0.1) is 0 Å². The SMILES string of the molecule is CC/C(=C(/c1ccc(OCCCOCCCc2ccc([C@H]3Cc4cc(F)cc5c(=O)[nH]nc(c45)[C@@H]3c3ncnn3C)cc2)cc1)c1ccc2[nH]ccc2c1)c1ccc(F)cc1Cl. The Morgan fingerprint density at radius 3 is 2.47 bits per heavy atom. The zero-order valence-corrected chi connectivity index (χ0v) is 35.2. The van der Waals surface area contributed by atoms with E-state index in [2.05, 4.69) is 92.9 Å². The van der Waals surface area contributed by atoms with Gasteiger partial charge in [-0.25, -0.2) is 18.9 Å². The van der Waals surface area contributed by atoms with Crippen molar-refractivity contribution in [3.8, 4) is 5.75 Å². The minimum atomic E-state index is -0.440. The predicted octanol–water partition coefficient (Wildman–Crippen LogP) is 10.7. The van der Waals surface area contributed by atoms with E-state index in [9.17, 15) is 13.6 Å². The molecule has 0 amide bonds. The van der Waals surface area contributed by atoms with Gasteiger partial charge < -0.3 is 14.5 Å². The first kappa shape index (κ1) is 40.9. The van der Waals surface area contributed by atoms with Gasteiger partial charge in [0.2, 0.25) is 0 Å². The molecule has 12 heteroatoms. The van der Waals surface area contributed by atoms with Crippen molar-refractivity contribution in [2.24, 2.45) is 7.05 Å². The molecule has 0 radical (unpaired) electrons. The molecule has 0 fully saturated rings. The Morgan fingerprint density at radius 1 is 0.887 bits per heavy atom. The maximum Gasteiger partial charge on any atom is 0.272 e. The summed E-state index contributed by atoms with van der Waals surface area (Å²) in [5.41, 5.74) is 9.29. The minimum absolute atomic E-state index is 0.0902. The number of hydrogen-bond acceptors (Lipinski definition) is 6. The van der Waals surface area contributed by atoms with E-state index in [0.29, 0.717) is 54.2 Å². The highest BCUT2D eigenvalue weighted by Gasteiger charge is 2.38. The van der Waals surface area contributed by atoms with Crippen LogP contribution in [0.2, 0.25) is 5.02 Å². The Kier molecular flexibility index (Phi) is 11.8. The zero-order chi connectivity index (χ0) is 42.7. The van der Waals surface area contributed by atoms with E-state index in [0.717, 1.165) is 80.7 Å². The van der Waals surface area contributed by atoms with Crippen LogP contribution >= 0.6 is 11.6 Å². The van der Waals surface area contributed by atoms with Crippen molar-refractivity contribution in [3.63, 3.8) is 0 Å². The van der Waals surface area contributed by atoms with Crippen molar-refractivity contribution in [2.75, 3.05) is 19.8 Å². The molecule has 0 aliphatic heterocycles. The maximum atomic E-state index is 14.7. The summed E-state index contributed by atoms with van der Waals surface area (Å²) in [6, 6.07) is 32.4. The lowest BCUT2D eigenvalue weighted by Gasteiger charge is -2.32. The number of nitrogens with zero attached hydrogens (tertiary/aromatic N) is 4. The number of rotatable bonds is 15. The molecule has 1 aliphatic carbocycles. The Hall–Kier alpha value is -6.43. The van der Waals surface area contributed by atoms with Gasteiger partial charge >= 0.3 is 0 Å². The number of aromatic amines is 2. The van der Waals surface area contributed by atoms with Crippen molar-refractivity contribution in [1.82, 2.24) is 29.9 Å². The molecule has 1 aliphatic rings. The summed E-state index contributed by atoms with van der Waals surface area (Å²) in [4.78, 5) is 20.5. The van der Waals surface area contributed by atoms with Crippen LogP contribution in [-0.2, 0) is 24.6 Å². The molecule has 5 aromatic carbocycles. The first-order valence-corrected chi connectivity index (χ1v) is 21.3. The minimum Gasteiger partial charge on any atom is -0.494 e. The van der Waals surface area contributed by atoms with Crippen LogP contribution in [0.5, 0.6) is 5.75 Å². The number of aryl methyl sites for hydroxylation is 2. The summed E-state index contributed by atoms with van der Waals surface area (Å²) >= 11 is 6.61. The number of benzene rings is 5. The number of H-pyrrole nitrogens is 2. The van der Waals surface area contributed by atoms with Crippen LogP contribution in [0, 0.1) is 11.6 Å². The Bertz CT molecular complexity index is 2980. The van der Waals surface area contributed by atoms with E-state index < -0.39 is 11.4 Å². The van der Waals surface area contributed by atoms with E-state index in [1.54, 1.807) is 10.7 Å². The second-order valence-electron chi connectivity index (χ2n) is 15.8. The van der Waals surface area contributed by atoms with E-state index in [1.807, 2.05) is 25.4 Å². The molecule has 2 atom stereocenters.